The van der Waals surface area contributed by atoms with Crippen LogP contribution in [0, 0.1) is 0 Å². The summed E-state index contributed by atoms with van der Waals surface area (Å²) in [6.07, 6.45) is 3.57. The van der Waals surface area contributed by atoms with E-state index < -0.39 is 0 Å². The van der Waals surface area contributed by atoms with Crippen LogP contribution >= 0.6 is 0 Å². The second-order valence-corrected chi connectivity index (χ2v) is 3.72. The van der Waals surface area contributed by atoms with Crippen molar-refractivity contribution in [2.24, 2.45) is 0 Å². The molecular formula is C9H18N2O. The summed E-state index contributed by atoms with van der Waals surface area (Å²) in [7, 11) is 3.62. The van der Waals surface area contributed by atoms with Crippen LogP contribution in [0.3, 0.4) is 0 Å². The zero-order valence-electron chi connectivity index (χ0n) is 8.21. The Morgan fingerprint density at radius 2 is 2.08 bits per heavy atom. The smallest absolute Gasteiger partial charge is 0.319 e. The number of piperidine rings is 1. The molecule has 12 heavy (non-hydrogen) atoms. The van der Waals surface area contributed by atoms with Crippen molar-refractivity contribution in [3.05, 3.63) is 0 Å². The Balaban J connectivity index is 2.53. The van der Waals surface area contributed by atoms with Crippen molar-refractivity contribution in [1.29, 1.82) is 0 Å². The van der Waals surface area contributed by atoms with E-state index in [0.29, 0.717) is 6.04 Å². The molecule has 1 aliphatic rings. The molecule has 3 heteroatoms. The molecule has 70 valence electrons. The Morgan fingerprint density at radius 3 is 2.58 bits per heavy atom. The third kappa shape index (κ3) is 1.90. The number of rotatable bonds is 0. The molecule has 1 heterocycles. The van der Waals surface area contributed by atoms with E-state index >= 15 is 0 Å². The second kappa shape index (κ2) is 3.78. The minimum Gasteiger partial charge on any atom is -0.331 e. The van der Waals surface area contributed by atoms with Crippen LogP contribution in [-0.4, -0.2) is 42.5 Å². The van der Waals surface area contributed by atoms with Crippen LogP contribution < -0.4 is 0 Å². The summed E-state index contributed by atoms with van der Waals surface area (Å²) >= 11 is 0. The van der Waals surface area contributed by atoms with Crippen molar-refractivity contribution < 1.29 is 4.79 Å². The van der Waals surface area contributed by atoms with Crippen LogP contribution in [0.2, 0.25) is 0 Å². The molecule has 0 saturated carbocycles. The molecule has 0 spiro atoms. The summed E-state index contributed by atoms with van der Waals surface area (Å²) in [5.41, 5.74) is 0. The van der Waals surface area contributed by atoms with Crippen molar-refractivity contribution in [2.75, 3.05) is 20.6 Å². The number of nitrogens with zero attached hydrogens (tertiary/aromatic N) is 2. The molecule has 0 N–H and O–H groups in total. The van der Waals surface area contributed by atoms with Gasteiger partial charge in [0.1, 0.15) is 0 Å². The highest BCUT2D eigenvalue weighted by molar-refractivity contribution is 5.74. The average Bonchev–Trinajstić information content (AvgIpc) is 2.04. The first-order valence-corrected chi connectivity index (χ1v) is 4.61. The molecule has 0 aromatic carbocycles. The van der Waals surface area contributed by atoms with E-state index in [1.165, 1.54) is 6.42 Å². The minimum absolute atomic E-state index is 0.155. The average molecular weight is 170 g/mol. The fourth-order valence-electron chi connectivity index (χ4n) is 1.64. The number of carbonyl (C=O) groups excluding carboxylic acids is 1. The lowest BCUT2D eigenvalue weighted by Gasteiger charge is -2.35. The quantitative estimate of drug-likeness (QED) is 0.541. The maximum absolute atomic E-state index is 11.6. The SMILES string of the molecule is CC1CCCCN1C(=O)N(C)C. The van der Waals surface area contributed by atoms with Gasteiger partial charge in [0.25, 0.3) is 0 Å². The van der Waals surface area contributed by atoms with Gasteiger partial charge in [-0.05, 0) is 26.2 Å². The Bertz CT molecular complexity index is 168. The van der Waals surface area contributed by atoms with Gasteiger partial charge in [-0.3, -0.25) is 0 Å². The van der Waals surface area contributed by atoms with Gasteiger partial charge >= 0.3 is 6.03 Å². The molecular weight excluding hydrogens is 152 g/mol. The van der Waals surface area contributed by atoms with Gasteiger partial charge in [0.2, 0.25) is 0 Å². The number of carbonyl (C=O) groups is 1. The van der Waals surface area contributed by atoms with Crippen LogP contribution in [0.4, 0.5) is 4.79 Å². The van der Waals surface area contributed by atoms with E-state index in [-0.39, 0.29) is 6.03 Å². The molecule has 0 aromatic rings. The van der Waals surface area contributed by atoms with E-state index in [9.17, 15) is 4.79 Å². The van der Waals surface area contributed by atoms with Gasteiger partial charge in [-0.2, -0.15) is 0 Å². The molecule has 3 nitrogen and oxygen atoms in total. The lowest BCUT2D eigenvalue weighted by Crippen LogP contribution is -2.46. The third-order valence-corrected chi connectivity index (χ3v) is 2.43. The second-order valence-electron chi connectivity index (χ2n) is 3.72. The maximum atomic E-state index is 11.6. The van der Waals surface area contributed by atoms with Gasteiger partial charge in [0, 0.05) is 26.7 Å². The summed E-state index contributed by atoms with van der Waals surface area (Å²) in [5.74, 6) is 0. The number of likely N-dealkylation sites (tertiary alicyclic amines) is 1. The molecule has 0 bridgehead atoms. The fourth-order valence-corrected chi connectivity index (χ4v) is 1.64. The standard InChI is InChI=1S/C9H18N2O/c1-8-6-4-5-7-11(8)9(12)10(2)3/h8H,4-7H2,1-3H3. The first kappa shape index (κ1) is 9.36. The summed E-state index contributed by atoms with van der Waals surface area (Å²) in [5, 5.41) is 0. The lowest BCUT2D eigenvalue weighted by atomic mass is 10.0. The summed E-state index contributed by atoms with van der Waals surface area (Å²) < 4.78 is 0. The molecule has 0 aromatic heterocycles. The summed E-state index contributed by atoms with van der Waals surface area (Å²) in [4.78, 5) is 15.2. The third-order valence-electron chi connectivity index (χ3n) is 2.43. The number of hydrogen-bond acceptors (Lipinski definition) is 1. The van der Waals surface area contributed by atoms with Crippen molar-refractivity contribution in [3.63, 3.8) is 0 Å². The predicted molar refractivity (Wildman–Crippen MR) is 49.1 cm³/mol. The highest BCUT2D eigenvalue weighted by Gasteiger charge is 2.23. The van der Waals surface area contributed by atoms with E-state index in [1.807, 2.05) is 19.0 Å². The molecule has 1 saturated heterocycles. The largest absolute Gasteiger partial charge is 0.331 e. The molecule has 1 fully saturated rings. The van der Waals surface area contributed by atoms with Crippen LogP contribution in [0.1, 0.15) is 26.2 Å². The number of urea groups is 1. The molecule has 1 aliphatic heterocycles. The Morgan fingerprint density at radius 1 is 1.42 bits per heavy atom. The van der Waals surface area contributed by atoms with Gasteiger partial charge in [-0.15, -0.1) is 0 Å². The lowest BCUT2D eigenvalue weighted by molar-refractivity contribution is 0.135. The van der Waals surface area contributed by atoms with Crippen molar-refractivity contribution in [3.8, 4) is 0 Å². The van der Waals surface area contributed by atoms with Crippen molar-refractivity contribution in [2.45, 2.75) is 32.2 Å². The molecule has 0 aliphatic carbocycles. The van der Waals surface area contributed by atoms with Crippen LogP contribution in [0.5, 0.6) is 0 Å². The molecule has 2 amide bonds. The molecule has 0 radical (unpaired) electrons. The van der Waals surface area contributed by atoms with E-state index in [2.05, 4.69) is 6.92 Å². The Hall–Kier alpha value is -0.730. The van der Waals surface area contributed by atoms with Crippen LogP contribution in [-0.2, 0) is 0 Å². The van der Waals surface area contributed by atoms with Crippen molar-refractivity contribution >= 4 is 6.03 Å². The van der Waals surface area contributed by atoms with E-state index in [1.54, 1.807) is 4.90 Å². The maximum Gasteiger partial charge on any atom is 0.319 e. The number of amides is 2. The topological polar surface area (TPSA) is 23.6 Å². The number of hydrogen-bond donors (Lipinski definition) is 0. The van der Waals surface area contributed by atoms with Gasteiger partial charge in [-0.25, -0.2) is 4.79 Å². The fraction of sp³-hybridized carbons (Fsp3) is 0.889. The zero-order chi connectivity index (χ0) is 9.14. The van der Waals surface area contributed by atoms with Gasteiger partial charge in [0.05, 0.1) is 0 Å². The van der Waals surface area contributed by atoms with Gasteiger partial charge in [-0.1, -0.05) is 0 Å². The van der Waals surface area contributed by atoms with Gasteiger partial charge < -0.3 is 9.80 Å². The van der Waals surface area contributed by atoms with E-state index in [0.717, 1.165) is 19.4 Å². The monoisotopic (exact) mass is 170 g/mol. The first-order valence-electron chi connectivity index (χ1n) is 4.61. The highest BCUT2D eigenvalue weighted by atomic mass is 16.2. The van der Waals surface area contributed by atoms with E-state index in [4.69, 9.17) is 0 Å². The normalized spacial score (nSPS) is 23.9. The highest BCUT2D eigenvalue weighted by Crippen LogP contribution is 2.17. The molecule has 1 atom stereocenters. The summed E-state index contributed by atoms with van der Waals surface area (Å²) in [6, 6.07) is 0.579. The molecule has 1 unspecified atom stereocenters. The van der Waals surface area contributed by atoms with Crippen LogP contribution in [0.25, 0.3) is 0 Å². The van der Waals surface area contributed by atoms with Crippen molar-refractivity contribution in [1.82, 2.24) is 9.80 Å². The zero-order valence-corrected chi connectivity index (χ0v) is 8.21. The first-order chi connectivity index (χ1) is 5.63. The predicted octanol–water partition coefficient (Wildman–Crippen LogP) is 1.54. The van der Waals surface area contributed by atoms with Crippen LogP contribution in [0.15, 0.2) is 0 Å². The molecule has 1 rings (SSSR count). The minimum atomic E-state index is 0.155. The Labute approximate surface area is 74.3 Å². The van der Waals surface area contributed by atoms with Gasteiger partial charge in [0.15, 0.2) is 0 Å². The summed E-state index contributed by atoms with van der Waals surface area (Å²) in [6.45, 7) is 3.05. The Kier molecular flexibility index (Phi) is 2.95.